The molecule has 3 rings (SSSR count). The van der Waals surface area contributed by atoms with Crippen molar-refractivity contribution in [3.63, 3.8) is 0 Å². The molecule has 0 amide bonds. The number of ether oxygens (including phenoxy) is 1. The van der Waals surface area contributed by atoms with Crippen LogP contribution in [0.2, 0.25) is 61.4 Å². The first-order chi connectivity index (χ1) is 26.8. The second kappa shape index (κ2) is 20.7. The van der Waals surface area contributed by atoms with Crippen LogP contribution >= 0.6 is 0 Å². The van der Waals surface area contributed by atoms with E-state index in [0.29, 0.717) is 42.2 Å². The third kappa shape index (κ3) is 16.1. The smallest absolute Gasteiger partial charge is 0.462 e. The summed E-state index contributed by atoms with van der Waals surface area (Å²) in [6, 6.07) is 2.56. The fourth-order valence-corrected chi connectivity index (χ4v) is 52.7. The van der Waals surface area contributed by atoms with Crippen LogP contribution in [0.25, 0.3) is 0 Å². The van der Waals surface area contributed by atoms with E-state index in [9.17, 15) is 14.4 Å². The second-order valence-electron chi connectivity index (χ2n) is 20.8. The SMILES string of the molecule is C=C(C)C(=O)OCCC[Si](C)(C)O[Si]1(CC(C)C)O[Si]2(CC(C)C)O[Si](O)(CC(C)C)O[Si]3(CC(C)C)O[Si](O)(CC(C)C)O[Si](CC(C)C)(O1)O[Si](CC(C)C)(O3)O2. The first-order valence-electron chi connectivity index (χ1n) is 22.1. The Morgan fingerprint density at radius 2 is 0.831 bits per heavy atom. The van der Waals surface area contributed by atoms with Crippen molar-refractivity contribution in [2.24, 2.45) is 41.4 Å². The van der Waals surface area contributed by atoms with Crippen molar-refractivity contribution in [3.05, 3.63) is 12.2 Å². The van der Waals surface area contributed by atoms with E-state index in [0.717, 1.165) is 0 Å². The van der Waals surface area contributed by atoms with Gasteiger partial charge in [0, 0.05) is 47.9 Å². The normalized spacial score (nSPS) is 34.5. The van der Waals surface area contributed by atoms with Crippen molar-refractivity contribution in [1.82, 2.24) is 0 Å². The number of hydrogen-bond acceptors (Lipinski definition) is 14. The lowest BCUT2D eigenvalue weighted by molar-refractivity contribution is -0.139. The molecule has 4 atom stereocenters. The van der Waals surface area contributed by atoms with Gasteiger partial charge in [0.2, 0.25) is 0 Å². The maximum atomic E-state index is 13.1. The predicted octanol–water partition coefficient (Wildman–Crippen LogP) is 9.06. The molecule has 2 N–H and O–H groups in total. The van der Waals surface area contributed by atoms with Crippen LogP contribution in [0.3, 0.4) is 0 Å². The van der Waals surface area contributed by atoms with Gasteiger partial charge in [0.05, 0.1) is 6.61 Å². The van der Waals surface area contributed by atoms with Gasteiger partial charge in [0.1, 0.15) is 0 Å². The van der Waals surface area contributed by atoms with Crippen molar-refractivity contribution >= 4 is 75.9 Å². The zero-order chi connectivity index (χ0) is 45.0. The Morgan fingerprint density at radius 3 is 1.14 bits per heavy atom. The highest BCUT2D eigenvalue weighted by Crippen LogP contribution is 2.50. The molecule has 0 aliphatic carbocycles. The molecule has 3 saturated heterocycles. The summed E-state index contributed by atoms with van der Waals surface area (Å²) in [7, 11) is -32.3. The van der Waals surface area contributed by atoms with E-state index in [4.69, 9.17) is 45.9 Å². The first kappa shape index (κ1) is 53.8. The van der Waals surface area contributed by atoms with E-state index in [1.165, 1.54) is 0 Å². The molecule has 4 bridgehead atoms. The molecule has 3 aliphatic heterocycles. The molecule has 0 saturated carbocycles. The standard InChI is InChI=1S/C37H82O14Si8/c1-29(2)22-53(39)43-56(25-32(7)8)44-54(40,23-30(3)4)46-58(27-34(11)12)48-55(24-31(5)6,42-52(17,18)21-19-20-41-37(38)36(15)16)47-57(45-53,26-33(9)10)50-59(49-56,51-58)28-35(13)14/h29-35,39-40H,15,19-28H2,1-14,16-18H3. The quantitative estimate of drug-likeness (QED) is 0.0486. The minimum absolute atomic E-state index is 0.00539. The molecular formula is C37H82O14Si8. The minimum Gasteiger partial charge on any atom is -0.462 e. The molecular weight excluding hydrogens is 893 g/mol. The molecule has 0 aromatic rings. The maximum absolute atomic E-state index is 13.1. The Labute approximate surface area is 366 Å². The molecule has 3 aliphatic rings. The predicted molar refractivity (Wildman–Crippen MR) is 246 cm³/mol. The van der Waals surface area contributed by atoms with E-state index in [2.05, 4.69) is 75.1 Å². The van der Waals surface area contributed by atoms with Gasteiger partial charge in [-0.25, -0.2) is 4.79 Å². The van der Waals surface area contributed by atoms with Gasteiger partial charge in [-0.3, -0.25) is 0 Å². The summed E-state index contributed by atoms with van der Waals surface area (Å²) in [4.78, 5) is 38.5. The summed E-state index contributed by atoms with van der Waals surface area (Å²) in [5.41, 5.74) is 0.344. The lowest BCUT2D eigenvalue weighted by Crippen LogP contribution is -2.83. The summed E-state index contributed by atoms with van der Waals surface area (Å²) < 4.78 is 80.1. The highest BCUT2D eigenvalue weighted by atomic mass is 28.6. The Kier molecular flexibility index (Phi) is 18.9. The highest BCUT2D eigenvalue weighted by molar-refractivity contribution is 6.99. The third-order valence-electron chi connectivity index (χ3n) is 9.38. The summed E-state index contributed by atoms with van der Waals surface area (Å²) in [5, 5.41) is 0. The molecule has 59 heavy (non-hydrogen) atoms. The van der Waals surface area contributed by atoms with Gasteiger partial charge >= 0.3 is 67.6 Å². The van der Waals surface area contributed by atoms with E-state index in [1.807, 2.05) is 41.5 Å². The maximum Gasteiger partial charge on any atom is 0.483 e. The number of carbonyl (C=O) groups is 1. The molecule has 14 nitrogen and oxygen atoms in total. The highest BCUT2D eigenvalue weighted by Gasteiger charge is 2.77. The van der Waals surface area contributed by atoms with Crippen LogP contribution < -0.4 is 0 Å². The fraction of sp³-hybridized carbons (Fsp3) is 0.919. The molecule has 0 spiro atoms. The first-order valence-corrected chi connectivity index (χ1v) is 38.8. The van der Waals surface area contributed by atoms with E-state index < -0.39 is 75.9 Å². The van der Waals surface area contributed by atoms with Crippen LogP contribution in [0.4, 0.5) is 0 Å². The van der Waals surface area contributed by atoms with Crippen molar-refractivity contribution in [2.75, 3.05) is 6.61 Å². The Balaban J connectivity index is 2.52. The van der Waals surface area contributed by atoms with Gasteiger partial charge in [-0.05, 0) is 73.9 Å². The second-order valence-corrected chi connectivity index (χ2v) is 45.5. The molecule has 0 radical (unpaired) electrons. The van der Waals surface area contributed by atoms with Crippen LogP contribution in [-0.2, 0) is 50.7 Å². The van der Waals surface area contributed by atoms with Crippen LogP contribution in [0, 0.1) is 41.4 Å². The van der Waals surface area contributed by atoms with Crippen LogP contribution in [0.5, 0.6) is 0 Å². The summed E-state index contributed by atoms with van der Waals surface area (Å²) in [6.45, 7) is 38.5. The lowest BCUT2D eigenvalue weighted by atomic mass is 10.3. The number of hydrogen-bond donors (Lipinski definition) is 2. The molecule has 346 valence electrons. The zero-order valence-corrected chi connectivity index (χ0v) is 47.6. The average Bonchev–Trinajstić information content (AvgIpc) is 2.92. The molecule has 3 heterocycles. The van der Waals surface area contributed by atoms with E-state index in [1.54, 1.807) is 6.92 Å². The monoisotopic (exact) mass is 974 g/mol. The third-order valence-corrected chi connectivity index (χ3v) is 46.2. The van der Waals surface area contributed by atoms with Gasteiger partial charge in [0.25, 0.3) is 0 Å². The van der Waals surface area contributed by atoms with Crippen molar-refractivity contribution in [3.8, 4) is 0 Å². The molecule has 0 aromatic carbocycles. The largest absolute Gasteiger partial charge is 0.483 e. The lowest BCUT2D eigenvalue weighted by Gasteiger charge is -2.58. The summed E-state index contributed by atoms with van der Waals surface area (Å²) >= 11 is 0. The van der Waals surface area contributed by atoms with Crippen LogP contribution in [0.15, 0.2) is 12.2 Å². The average molecular weight is 976 g/mol. The number of carbonyl (C=O) groups excluding carboxylic acids is 1. The molecule has 0 aromatic heterocycles. The number of fused-ring (bicyclic) bond motifs is 3. The van der Waals surface area contributed by atoms with E-state index in [-0.39, 0.29) is 66.2 Å². The van der Waals surface area contributed by atoms with Gasteiger partial charge < -0.3 is 55.5 Å². The molecule has 4 unspecified atom stereocenters. The summed E-state index contributed by atoms with van der Waals surface area (Å²) in [5.74, 6) is -0.563. The Hall–Kier alpha value is 0.465. The van der Waals surface area contributed by atoms with Gasteiger partial charge in [0.15, 0.2) is 8.32 Å². The van der Waals surface area contributed by atoms with Gasteiger partial charge in [-0.2, -0.15) is 0 Å². The fourth-order valence-electron chi connectivity index (χ4n) is 8.09. The number of rotatable bonds is 21. The molecule has 3 fully saturated rings. The topological polar surface area (TPSA) is 159 Å². The Morgan fingerprint density at radius 1 is 0.525 bits per heavy atom. The van der Waals surface area contributed by atoms with E-state index >= 15 is 0 Å². The van der Waals surface area contributed by atoms with Crippen molar-refractivity contribution < 1.29 is 60.3 Å². The molecule has 22 heteroatoms. The van der Waals surface area contributed by atoms with Crippen LogP contribution in [0.1, 0.15) is 110 Å². The van der Waals surface area contributed by atoms with Crippen molar-refractivity contribution in [1.29, 1.82) is 0 Å². The van der Waals surface area contributed by atoms with Gasteiger partial charge in [-0.1, -0.05) is 104 Å². The Bertz CT molecular complexity index is 1350. The van der Waals surface area contributed by atoms with Gasteiger partial charge in [-0.15, -0.1) is 0 Å². The number of esters is 1. The van der Waals surface area contributed by atoms with Crippen molar-refractivity contribution in [2.45, 2.75) is 172 Å². The summed E-state index contributed by atoms with van der Waals surface area (Å²) in [6.07, 6.45) is 0.554. The zero-order valence-electron chi connectivity index (χ0n) is 39.6. The van der Waals surface area contributed by atoms with Crippen LogP contribution in [-0.4, -0.2) is 92.1 Å². The minimum atomic E-state index is -4.37.